The van der Waals surface area contributed by atoms with Gasteiger partial charge in [0.1, 0.15) is 6.07 Å². The van der Waals surface area contributed by atoms with E-state index in [0.717, 1.165) is 23.2 Å². The maximum atomic E-state index is 8.75. The molecule has 4 heteroatoms. The van der Waals surface area contributed by atoms with E-state index >= 15 is 0 Å². The summed E-state index contributed by atoms with van der Waals surface area (Å²) in [5, 5.41) is 8.75. The van der Waals surface area contributed by atoms with Gasteiger partial charge in [-0.1, -0.05) is 0 Å². The van der Waals surface area contributed by atoms with Crippen molar-refractivity contribution in [1.29, 1.82) is 5.26 Å². The third-order valence-corrected chi connectivity index (χ3v) is 3.00. The first kappa shape index (κ1) is 9.50. The molecule has 1 heterocycles. The van der Waals surface area contributed by atoms with Crippen LogP contribution >= 0.6 is 15.9 Å². The molecule has 2 N–H and O–H groups in total. The topological polar surface area (TPSA) is 53.0 Å². The highest BCUT2D eigenvalue weighted by molar-refractivity contribution is 9.10. The van der Waals surface area contributed by atoms with Crippen LogP contribution in [-0.2, 0) is 0 Å². The number of benzene rings is 1. The molecule has 0 radical (unpaired) electrons. The Morgan fingerprint density at radius 1 is 1.50 bits per heavy atom. The molecule has 3 nitrogen and oxygen atoms in total. The molecule has 14 heavy (non-hydrogen) atoms. The number of nitriles is 1. The van der Waals surface area contributed by atoms with Gasteiger partial charge in [-0.3, -0.25) is 0 Å². The highest BCUT2D eigenvalue weighted by Crippen LogP contribution is 2.26. The smallest absolute Gasteiger partial charge is 0.100 e. The van der Waals surface area contributed by atoms with Gasteiger partial charge in [0, 0.05) is 29.3 Å². The third-order valence-electron chi connectivity index (χ3n) is 2.35. The summed E-state index contributed by atoms with van der Waals surface area (Å²) in [4.78, 5) is 2.19. The summed E-state index contributed by atoms with van der Waals surface area (Å²) in [6.07, 6.45) is 0. The molecular weight excluding hydrogens is 242 g/mol. The number of hydrogen-bond acceptors (Lipinski definition) is 3. The number of hydrogen-bond donors (Lipinski definition) is 1. The average Bonchev–Trinajstić information content (AvgIpc) is 2.13. The highest BCUT2D eigenvalue weighted by atomic mass is 79.9. The van der Waals surface area contributed by atoms with Gasteiger partial charge in [-0.2, -0.15) is 5.26 Å². The van der Waals surface area contributed by atoms with Crippen LogP contribution < -0.4 is 10.6 Å². The predicted octanol–water partition coefficient (Wildman–Crippen LogP) is 1.47. The summed E-state index contributed by atoms with van der Waals surface area (Å²) in [7, 11) is 0. The summed E-state index contributed by atoms with van der Waals surface area (Å²) in [6, 6.07) is 8.15. The Kier molecular flexibility index (Phi) is 2.44. The van der Waals surface area contributed by atoms with Crippen LogP contribution in [-0.4, -0.2) is 19.1 Å². The summed E-state index contributed by atoms with van der Waals surface area (Å²) in [5.41, 5.74) is 7.48. The van der Waals surface area contributed by atoms with Crippen LogP contribution in [0, 0.1) is 11.3 Å². The van der Waals surface area contributed by atoms with Gasteiger partial charge >= 0.3 is 0 Å². The zero-order chi connectivity index (χ0) is 10.1. The molecule has 1 fully saturated rings. The van der Waals surface area contributed by atoms with Gasteiger partial charge < -0.3 is 10.6 Å². The molecule has 0 atom stereocenters. The molecule has 0 unspecified atom stereocenters. The molecule has 0 spiro atoms. The molecule has 1 aromatic carbocycles. The fraction of sp³-hybridized carbons (Fsp3) is 0.300. The molecule has 2 rings (SSSR count). The molecule has 1 aromatic rings. The second-order valence-electron chi connectivity index (χ2n) is 3.44. The van der Waals surface area contributed by atoms with Crippen molar-refractivity contribution in [2.24, 2.45) is 5.73 Å². The average molecular weight is 252 g/mol. The van der Waals surface area contributed by atoms with E-state index < -0.39 is 0 Å². The minimum Gasteiger partial charge on any atom is -0.368 e. The lowest BCUT2D eigenvalue weighted by atomic mass is 10.1. The summed E-state index contributed by atoms with van der Waals surface area (Å²) in [6.45, 7) is 1.80. The van der Waals surface area contributed by atoms with Gasteiger partial charge in [0.05, 0.1) is 5.56 Å². The van der Waals surface area contributed by atoms with Crippen LogP contribution in [0.25, 0.3) is 0 Å². The molecule has 1 aliphatic heterocycles. The summed E-state index contributed by atoms with van der Waals surface area (Å²) < 4.78 is 0.845. The second kappa shape index (κ2) is 3.60. The monoisotopic (exact) mass is 251 g/mol. The highest BCUT2D eigenvalue weighted by Gasteiger charge is 2.23. The van der Waals surface area contributed by atoms with Crippen molar-refractivity contribution in [2.45, 2.75) is 6.04 Å². The molecule has 0 aliphatic carbocycles. The Hall–Kier alpha value is -1.05. The van der Waals surface area contributed by atoms with Crippen molar-refractivity contribution in [2.75, 3.05) is 18.0 Å². The number of nitrogens with two attached hydrogens (primary N) is 1. The summed E-state index contributed by atoms with van der Waals surface area (Å²) in [5.74, 6) is 0. The van der Waals surface area contributed by atoms with Crippen LogP contribution in [0.4, 0.5) is 5.69 Å². The molecule has 0 amide bonds. The molecular formula is C10H10BrN3. The maximum Gasteiger partial charge on any atom is 0.100 e. The van der Waals surface area contributed by atoms with Crippen molar-refractivity contribution in [3.8, 4) is 6.07 Å². The van der Waals surface area contributed by atoms with Crippen LogP contribution in [0.15, 0.2) is 22.7 Å². The van der Waals surface area contributed by atoms with Crippen molar-refractivity contribution >= 4 is 21.6 Å². The van der Waals surface area contributed by atoms with Crippen molar-refractivity contribution in [3.63, 3.8) is 0 Å². The van der Waals surface area contributed by atoms with E-state index in [0.29, 0.717) is 11.6 Å². The lowest BCUT2D eigenvalue weighted by Gasteiger charge is -2.38. The first-order chi connectivity index (χ1) is 6.70. The van der Waals surface area contributed by atoms with E-state index in [9.17, 15) is 0 Å². The molecule has 0 saturated carbocycles. The number of halogens is 1. The fourth-order valence-corrected chi connectivity index (χ4v) is 1.97. The van der Waals surface area contributed by atoms with Crippen molar-refractivity contribution < 1.29 is 0 Å². The largest absolute Gasteiger partial charge is 0.368 e. The minimum absolute atomic E-state index is 0.296. The first-order valence-electron chi connectivity index (χ1n) is 4.41. The van der Waals surface area contributed by atoms with Gasteiger partial charge in [0.2, 0.25) is 0 Å². The molecule has 1 aliphatic rings. The Balaban J connectivity index is 2.22. The van der Waals surface area contributed by atoms with Crippen molar-refractivity contribution in [3.05, 3.63) is 28.2 Å². The molecule has 0 aromatic heterocycles. The van der Waals surface area contributed by atoms with E-state index in [-0.39, 0.29) is 0 Å². The van der Waals surface area contributed by atoms with E-state index in [4.69, 9.17) is 11.0 Å². The fourth-order valence-electron chi connectivity index (χ4n) is 1.51. The Morgan fingerprint density at radius 3 is 2.71 bits per heavy atom. The van der Waals surface area contributed by atoms with E-state index in [1.807, 2.05) is 18.2 Å². The normalized spacial score (nSPS) is 16.2. The predicted molar refractivity (Wildman–Crippen MR) is 59.0 cm³/mol. The number of anilines is 1. The molecule has 72 valence electrons. The van der Waals surface area contributed by atoms with Gasteiger partial charge in [0.15, 0.2) is 0 Å². The molecule has 0 bridgehead atoms. The zero-order valence-corrected chi connectivity index (χ0v) is 9.16. The van der Waals surface area contributed by atoms with Gasteiger partial charge in [0.25, 0.3) is 0 Å². The third kappa shape index (κ3) is 1.61. The van der Waals surface area contributed by atoms with Gasteiger partial charge in [-0.15, -0.1) is 0 Å². The zero-order valence-electron chi connectivity index (χ0n) is 7.57. The second-order valence-corrected chi connectivity index (χ2v) is 4.30. The Morgan fingerprint density at radius 2 is 2.21 bits per heavy atom. The van der Waals surface area contributed by atoms with Crippen LogP contribution in [0.3, 0.4) is 0 Å². The number of rotatable bonds is 1. The van der Waals surface area contributed by atoms with Gasteiger partial charge in [-0.25, -0.2) is 0 Å². The first-order valence-corrected chi connectivity index (χ1v) is 5.20. The van der Waals surface area contributed by atoms with Crippen LogP contribution in [0.1, 0.15) is 5.56 Å². The van der Waals surface area contributed by atoms with Crippen LogP contribution in [0.5, 0.6) is 0 Å². The number of nitrogens with zero attached hydrogens (tertiary/aromatic N) is 2. The maximum absolute atomic E-state index is 8.75. The SMILES string of the molecule is N#Cc1ccc(N2CC(N)C2)cc1Br. The quantitative estimate of drug-likeness (QED) is 0.823. The van der Waals surface area contributed by atoms with Crippen LogP contribution in [0.2, 0.25) is 0 Å². The van der Waals surface area contributed by atoms with E-state index in [1.165, 1.54) is 0 Å². The van der Waals surface area contributed by atoms with E-state index in [2.05, 4.69) is 26.9 Å². The summed E-state index contributed by atoms with van der Waals surface area (Å²) >= 11 is 3.36. The minimum atomic E-state index is 0.296. The Labute approximate surface area is 91.2 Å². The van der Waals surface area contributed by atoms with Crippen molar-refractivity contribution in [1.82, 2.24) is 0 Å². The lowest BCUT2D eigenvalue weighted by molar-refractivity contribution is 0.519. The molecule has 1 saturated heterocycles. The standard InChI is InChI=1S/C10H10BrN3/c11-10-3-9(2-1-7(10)4-12)14-5-8(13)6-14/h1-3,8H,5-6,13H2. The lowest BCUT2D eigenvalue weighted by Crippen LogP contribution is -2.55. The van der Waals surface area contributed by atoms with E-state index in [1.54, 1.807) is 0 Å². The Bertz CT molecular complexity index is 391. The van der Waals surface area contributed by atoms with Gasteiger partial charge in [-0.05, 0) is 34.1 Å².